The summed E-state index contributed by atoms with van der Waals surface area (Å²) >= 11 is 1.54. The predicted molar refractivity (Wildman–Crippen MR) is 67.5 cm³/mol. The lowest BCUT2D eigenvalue weighted by molar-refractivity contribution is 0.0566. The molecule has 6 nitrogen and oxygen atoms in total. The summed E-state index contributed by atoms with van der Waals surface area (Å²) in [6.07, 6.45) is 3.31. The minimum atomic E-state index is -0.507. The highest BCUT2D eigenvalue weighted by Crippen LogP contribution is 2.11. The number of hydrogen-bond acceptors (Lipinski definition) is 5. The molecule has 0 saturated carbocycles. The smallest absolute Gasteiger partial charge is 0.409 e. The number of fused-ring (bicyclic) bond motifs is 1. The Morgan fingerprint density at radius 1 is 1.61 bits per heavy atom. The van der Waals surface area contributed by atoms with Crippen LogP contribution in [0.1, 0.15) is 19.5 Å². The van der Waals surface area contributed by atoms with Gasteiger partial charge in [-0.05, 0) is 13.8 Å². The number of hydrogen-bond donors (Lipinski definition) is 1. The van der Waals surface area contributed by atoms with E-state index in [1.54, 1.807) is 0 Å². The van der Waals surface area contributed by atoms with Crippen molar-refractivity contribution < 1.29 is 14.3 Å². The molecule has 7 heteroatoms. The number of amides is 1. The maximum Gasteiger partial charge on any atom is 0.409 e. The summed E-state index contributed by atoms with van der Waals surface area (Å²) in [5.41, 5.74) is 0.724. The van der Waals surface area contributed by atoms with Crippen LogP contribution in [0.4, 0.5) is 4.79 Å². The Morgan fingerprint density at radius 3 is 3.17 bits per heavy atom. The van der Waals surface area contributed by atoms with E-state index < -0.39 is 6.09 Å². The molecule has 1 N–H and O–H groups in total. The monoisotopic (exact) mass is 269 g/mol. The first kappa shape index (κ1) is 12.8. The van der Waals surface area contributed by atoms with Crippen LogP contribution >= 0.6 is 11.3 Å². The van der Waals surface area contributed by atoms with Crippen LogP contribution in [0, 0.1) is 0 Å². The molecule has 0 saturated heterocycles. The normalized spacial score (nSPS) is 11.1. The topological polar surface area (TPSA) is 64.9 Å². The summed E-state index contributed by atoms with van der Waals surface area (Å²) in [5, 5.41) is 4.44. The van der Waals surface area contributed by atoms with E-state index in [2.05, 4.69) is 10.3 Å². The summed E-state index contributed by atoms with van der Waals surface area (Å²) in [4.78, 5) is 16.5. The van der Waals surface area contributed by atoms with E-state index in [-0.39, 0.29) is 19.4 Å². The molecule has 0 spiro atoms. The van der Waals surface area contributed by atoms with E-state index >= 15 is 0 Å². The Hall–Kier alpha value is -1.60. The van der Waals surface area contributed by atoms with E-state index in [4.69, 9.17) is 9.47 Å². The molecule has 0 bridgehead atoms. The Kier molecular flexibility index (Phi) is 4.16. The largest absolute Gasteiger partial charge is 0.443 e. The molecule has 0 aliphatic rings. The number of ether oxygens (including phenoxy) is 2. The predicted octanol–water partition coefficient (Wildman–Crippen LogP) is 2.00. The van der Waals surface area contributed by atoms with Crippen LogP contribution in [0.25, 0.3) is 4.96 Å². The second kappa shape index (κ2) is 5.83. The van der Waals surface area contributed by atoms with Crippen LogP contribution in [0.2, 0.25) is 0 Å². The van der Waals surface area contributed by atoms with Gasteiger partial charge in [-0.2, -0.15) is 0 Å². The molecule has 1 amide bonds. The molecule has 2 aromatic heterocycles. The lowest BCUT2D eigenvalue weighted by Crippen LogP contribution is -2.28. The number of aromatic nitrogens is 2. The Bertz CT molecular complexity index is 492. The van der Waals surface area contributed by atoms with E-state index in [1.807, 2.05) is 36.0 Å². The number of nitrogens with zero attached hydrogens (tertiary/aromatic N) is 2. The average Bonchev–Trinajstić information content (AvgIpc) is 2.85. The highest BCUT2D eigenvalue weighted by molar-refractivity contribution is 7.15. The fourth-order valence-electron chi connectivity index (χ4n) is 1.30. The molecule has 0 unspecified atom stereocenters. The molecular weight excluding hydrogens is 254 g/mol. The third-order valence-corrected chi connectivity index (χ3v) is 2.90. The standard InChI is InChI=1S/C11H15N3O3S/c1-8(2)17-7-12-11(15)16-6-9-5-14-3-4-18-10(14)13-9/h3-5,8H,6-7H2,1-2H3,(H,12,15). The Morgan fingerprint density at radius 2 is 2.44 bits per heavy atom. The number of carbonyl (C=O) groups is 1. The molecule has 0 aliphatic heterocycles. The van der Waals surface area contributed by atoms with Gasteiger partial charge in [-0.25, -0.2) is 9.78 Å². The molecule has 2 rings (SSSR count). The molecule has 0 atom stereocenters. The van der Waals surface area contributed by atoms with Gasteiger partial charge in [-0.1, -0.05) is 0 Å². The maximum absolute atomic E-state index is 11.3. The number of imidazole rings is 1. The van der Waals surface area contributed by atoms with Crippen LogP contribution < -0.4 is 5.32 Å². The summed E-state index contributed by atoms with van der Waals surface area (Å²) < 4.78 is 12.1. The second-order valence-corrected chi connectivity index (χ2v) is 4.81. The lowest BCUT2D eigenvalue weighted by atomic mass is 10.5. The van der Waals surface area contributed by atoms with Crippen LogP contribution in [0.3, 0.4) is 0 Å². The molecule has 2 heterocycles. The summed E-state index contributed by atoms with van der Waals surface area (Å²) in [6, 6.07) is 0. The molecule has 2 aromatic rings. The number of nitrogens with one attached hydrogen (secondary N) is 1. The zero-order chi connectivity index (χ0) is 13.0. The molecule has 18 heavy (non-hydrogen) atoms. The van der Waals surface area contributed by atoms with Gasteiger partial charge in [-0.15, -0.1) is 11.3 Å². The Labute approximate surface area is 109 Å². The average molecular weight is 269 g/mol. The van der Waals surface area contributed by atoms with Gasteiger partial charge >= 0.3 is 6.09 Å². The highest BCUT2D eigenvalue weighted by atomic mass is 32.1. The van der Waals surface area contributed by atoms with Gasteiger partial charge in [0.25, 0.3) is 0 Å². The highest BCUT2D eigenvalue weighted by Gasteiger charge is 2.06. The van der Waals surface area contributed by atoms with Crippen LogP contribution in [-0.2, 0) is 16.1 Å². The quantitative estimate of drug-likeness (QED) is 0.843. The fraction of sp³-hybridized carbons (Fsp3) is 0.455. The summed E-state index contributed by atoms with van der Waals surface area (Å²) in [6.45, 7) is 4.09. The minimum absolute atomic E-state index is 0.0743. The molecule has 0 aromatic carbocycles. The molecule has 0 radical (unpaired) electrons. The first-order valence-corrected chi connectivity index (χ1v) is 6.46. The van der Waals surface area contributed by atoms with Gasteiger partial charge in [0.1, 0.15) is 13.3 Å². The van der Waals surface area contributed by atoms with Crippen LogP contribution in [-0.4, -0.2) is 28.3 Å². The van der Waals surface area contributed by atoms with Crippen molar-refractivity contribution in [3.8, 4) is 0 Å². The number of carbonyl (C=O) groups excluding carboxylic acids is 1. The first-order valence-electron chi connectivity index (χ1n) is 5.58. The van der Waals surface area contributed by atoms with Crippen molar-refractivity contribution in [2.75, 3.05) is 6.73 Å². The van der Waals surface area contributed by atoms with E-state index in [0.29, 0.717) is 0 Å². The van der Waals surface area contributed by atoms with Crippen LogP contribution in [0.15, 0.2) is 17.8 Å². The number of rotatable bonds is 5. The van der Waals surface area contributed by atoms with Gasteiger partial charge in [0.05, 0.1) is 11.8 Å². The van der Waals surface area contributed by atoms with Crippen LogP contribution in [0.5, 0.6) is 0 Å². The third-order valence-electron chi connectivity index (χ3n) is 2.13. The van der Waals surface area contributed by atoms with E-state index in [9.17, 15) is 4.79 Å². The fourth-order valence-corrected chi connectivity index (χ4v) is 2.02. The van der Waals surface area contributed by atoms with Crippen molar-refractivity contribution in [2.24, 2.45) is 0 Å². The van der Waals surface area contributed by atoms with Crippen molar-refractivity contribution in [3.63, 3.8) is 0 Å². The Balaban J connectivity index is 1.74. The summed E-state index contributed by atoms with van der Waals surface area (Å²) in [7, 11) is 0. The number of thiazole rings is 1. The molecule has 0 fully saturated rings. The van der Waals surface area contributed by atoms with Gasteiger partial charge in [0, 0.05) is 17.8 Å². The SMILES string of the molecule is CC(C)OCNC(=O)OCc1cn2ccsc2n1. The van der Waals surface area contributed by atoms with Crippen molar-refractivity contribution in [1.82, 2.24) is 14.7 Å². The minimum Gasteiger partial charge on any atom is -0.443 e. The van der Waals surface area contributed by atoms with E-state index in [1.165, 1.54) is 11.3 Å². The molecule has 98 valence electrons. The van der Waals surface area contributed by atoms with Crippen molar-refractivity contribution in [3.05, 3.63) is 23.5 Å². The van der Waals surface area contributed by atoms with E-state index in [0.717, 1.165) is 10.7 Å². The van der Waals surface area contributed by atoms with Gasteiger partial charge in [-0.3, -0.25) is 9.72 Å². The number of alkyl carbamates (subject to hydrolysis) is 1. The first-order chi connectivity index (χ1) is 8.65. The van der Waals surface area contributed by atoms with Crippen molar-refractivity contribution >= 4 is 22.4 Å². The van der Waals surface area contributed by atoms with Crippen molar-refractivity contribution in [1.29, 1.82) is 0 Å². The van der Waals surface area contributed by atoms with Gasteiger partial charge in [0.2, 0.25) is 0 Å². The maximum atomic E-state index is 11.3. The van der Waals surface area contributed by atoms with Gasteiger partial charge < -0.3 is 9.47 Å². The molecular formula is C11H15N3O3S. The second-order valence-electron chi connectivity index (χ2n) is 3.94. The lowest BCUT2D eigenvalue weighted by Gasteiger charge is -2.08. The van der Waals surface area contributed by atoms with Gasteiger partial charge in [0.15, 0.2) is 4.96 Å². The molecule has 0 aliphatic carbocycles. The third kappa shape index (κ3) is 3.44. The zero-order valence-electron chi connectivity index (χ0n) is 10.3. The summed E-state index contributed by atoms with van der Waals surface area (Å²) in [5.74, 6) is 0. The van der Waals surface area contributed by atoms with Crippen molar-refractivity contribution in [2.45, 2.75) is 26.6 Å². The zero-order valence-corrected chi connectivity index (χ0v) is 11.1.